The largest absolute Gasteiger partial charge is 0.481 e. The molecule has 1 atom stereocenters. The molecule has 4 heteroatoms. The number of benzene rings is 1. The first-order valence-electron chi connectivity index (χ1n) is 7.53. The van der Waals surface area contributed by atoms with Gasteiger partial charge in [-0.25, -0.2) is 0 Å². The molecular weight excluding hydrogens is 264 g/mol. The summed E-state index contributed by atoms with van der Waals surface area (Å²) in [5.41, 5.74) is 2.59. The predicted octanol–water partition coefficient (Wildman–Crippen LogP) is 3.95. The van der Waals surface area contributed by atoms with Crippen LogP contribution in [0.3, 0.4) is 0 Å². The molecule has 4 nitrogen and oxygen atoms in total. The van der Waals surface area contributed by atoms with Crippen molar-refractivity contribution in [3.63, 3.8) is 0 Å². The van der Waals surface area contributed by atoms with E-state index in [4.69, 9.17) is 10.4 Å². The first-order valence-corrected chi connectivity index (χ1v) is 7.53. The van der Waals surface area contributed by atoms with Crippen LogP contribution in [-0.2, 0) is 4.79 Å². The number of rotatable bonds is 9. The molecule has 0 bridgehead atoms. The lowest BCUT2D eigenvalue weighted by molar-refractivity contribution is -0.137. The average Bonchev–Trinajstić information content (AvgIpc) is 2.46. The molecule has 1 aromatic carbocycles. The highest BCUT2D eigenvalue weighted by Gasteiger charge is 2.10. The zero-order valence-corrected chi connectivity index (χ0v) is 12.9. The van der Waals surface area contributed by atoms with Crippen molar-refractivity contribution in [2.75, 3.05) is 11.9 Å². The SMILES string of the molecule is CCCC(CCNc1ccc(C)cc1C#N)CCC(=O)O. The number of carboxylic acid groups (broad SMARTS) is 1. The standard InChI is InChI=1S/C17H24N2O2/c1-3-4-14(6-8-17(20)21)9-10-19-16-7-5-13(2)11-15(16)12-18/h5,7,11,14,19H,3-4,6,8-10H2,1-2H3,(H,20,21). The maximum absolute atomic E-state index is 10.7. The molecule has 1 aromatic rings. The molecule has 21 heavy (non-hydrogen) atoms. The van der Waals surface area contributed by atoms with E-state index in [0.29, 0.717) is 11.5 Å². The molecule has 1 rings (SSSR count). The van der Waals surface area contributed by atoms with Crippen molar-refractivity contribution >= 4 is 11.7 Å². The van der Waals surface area contributed by atoms with Crippen LogP contribution in [0.25, 0.3) is 0 Å². The van der Waals surface area contributed by atoms with Crippen LogP contribution in [0, 0.1) is 24.2 Å². The molecular formula is C17H24N2O2. The Balaban J connectivity index is 2.50. The molecule has 0 aliphatic rings. The summed E-state index contributed by atoms with van der Waals surface area (Å²) in [6.07, 6.45) is 4.01. The molecule has 0 aromatic heterocycles. The van der Waals surface area contributed by atoms with Gasteiger partial charge in [0.1, 0.15) is 6.07 Å². The minimum Gasteiger partial charge on any atom is -0.481 e. The monoisotopic (exact) mass is 288 g/mol. The second kappa shape index (κ2) is 9.02. The Kier molecular flexibility index (Phi) is 7.31. The van der Waals surface area contributed by atoms with Gasteiger partial charge in [0.15, 0.2) is 0 Å². The van der Waals surface area contributed by atoms with Gasteiger partial charge in [0.2, 0.25) is 0 Å². The topological polar surface area (TPSA) is 73.1 Å². The Morgan fingerprint density at radius 2 is 2.14 bits per heavy atom. The average molecular weight is 288 g/mol. The van der Waals surface area contributed by atoms with Crippen molar-refractivity contribution in [3.05, 3.63) is 29.3 Å². The van der Waals surface area contributed by atoms with Gasteiger partial charge >= 0.3 is 5.97 Å². The van der Waals surface area contributed by atoms with Crippen LogP contribution in [0.5, 0.6) is 0 Å². The highest BCUT2D eigenvalue weighted by atomic mass is 16.4. The number of hydrogen-bond donors (Lipinski definition) is 2. The Morgan fingerprint density at radius 1 is 1.38 bits per heavy atom. The van der Waals surface area contributed by atoms with Gasteiger partial charge in [-0.15, -0.1) is 0 Å². The number of hydrogen-bond acceptors (Lipinski definition) is 3. The van der Waals surface area contributed by atoms with Crippen molar-refractivity contribution in [1.82, 2.24) is 0 Å². The maximum atomic E-state index is 10.7. The molecule has 0 radical (unpaired) electrons. The Hall–Kier alpha value is -2.02. The number of aliphatic carboxylic acids is 1. The summed E-state index contributed by atoms with van der Waals surface area (Å²) in [4.78, 5) is 10.7. The number of carboxylic acids is 1. The van der Waals surface area contributed by atoms with Crippen LogP contribution < -0.4 is 5.32 Å². The normalized spacial score (nSPS) is 11.7. The van der Waals surface area contributed by atoms with Crippen LogP contribution in [0.4, 0.5) is 5.69 Å². The summed E-state index contributed by atoms with van der Waals surface area (Å²) in [7, 11) is 0. The van der Waals surface area contributed by atoms with Crippen molar-refractivity contribution in [2.45, 2.75) is 46.0 Å². The summed E-state index contributed by atoms with van der Waals surface area (Å²) in [6, 6.07) is 7.98. The van der Waals surface area contributed by atoms with Gasteiger partial charge < -0.3 is 10.4 Å². The molecule has 114 valence electrons. The summed E-state index contributed by atoms with van der Waals surface area (Å²) >= 11 is 0. The molecule has 0 saturated heterocycles. The molecule has 0 heterocycles. The molecule has 0 amide bonds. The Morgan fingerprint density at radius 3 is 2.76 bits per heavy atom. The highest BCUT2D eigenvalue weighted by Crippen LogP contribution is 2.20. The van der Waals surface area contributed by atoms with Crippen molar-refractivity contribution in [2.24, 2.45) is 5.92 Å². The van der Waals surface area contributed by atoms with E-state index in [-0.39, 0.29) is 6.42 Å². The van der Waals surface area contributed by atoms with E-state index in [1.807, 2.05) is 25.1 Å². The molecule has 1 unspecified atom stereocenters. The van der Waals surface area contributed by atoms with E-state index < -0.39 is 5.97 Å². The van der Waals surface area contributed by atoms with Crippen molar-refractivity contribution in [3.8, 4) is 6.07 Å². The van der Waals surface area contributed by atoms with E-state index in [1.54, 1.807) is 0 Å². The van der Waals surface area contributed by atoms with Crippen LogP contribution in [0.2, 0.25) is 0 Å². The lowest BCUT2D eigenvalue weighted by atomic mass is 9.94. The fraction of sp³-hybridized carbons (Fsp3) is 0.529. The number of aryl methyl sites for hydroxylation is 1. The fourth-order valence-electron chi connectivity index (χ4n) is 2.48. The first kappa shape index (κ1) is 17.0. The smallest absolute Gasteiger partial charge is 0.303 e. The zero-order valence-electron chi connectivity index (χ0n) is 12.9. The summed E-state index contributed by atoms with van der Waals surface area (Å²) in [6.45, 7) is 4.85. The fourth-order valence-corrected chi connectivity index (χ4v) is 2.48. The maximum Gasteiger partial charge on any atom is 0.303 e. The van der Waals surface area contributed by atoms with E-state index in [9.17, 15) is 4.79 Å². The van der Waals surface area contributed by atoms with Gasteiger partial charge in [-0.1, -0.05) is 25.8 Å². The second-order valence-corrected chi connectivity index (χ2v) is 5.46. The van der Waals surface area contributed by atoms with E-state index in [1.165, 1.54) is 0 Å². The van der Waals surface area contributed by atoms with Crippen LogP contribution in [0.15, 0.2) is 18.2 Å². The van der Waals surface area contributed by atoms with E-state index in [0.717, 1.165) is 43.5 Å². The molecule has 2 N–H and O–H groups in total. The number of nitrogens with one attached hydrogen (secondary N) is 1. The van der Waals surface area contributed by atoms with Gasteiger partial charge in [0.05, 0.1) is 11.3 Å². The Labute approximate surface area is 126 Å². The third-order valence-electron chi connectivity index (χ3n) is 3.63. The number of nitriles is 1. The lowest BCUT2D eigenvalue weighted by Crippen LogP contribution is -2.11. The first-order chi connectivity index (χ1) is 10.1. The minimum absolute atomic E-state index is 0.235. The van der Waals surface area contributed by atoms with Crippen LogP contribution in [0.1, 0.15) is 50.2 Å². The Bertz CT molecular complexity index is 506. The van der Waals surface area contributed by atoms with Gasteiger partial charge in [-0.05, 0) is 43.4 Å². The van der Waals surface area contributed by atoms with Gasteiger partial charge in [0, 0.05) is 13.0 Å². The van der Waals surface area contributed by atoms with Crippen molar-refractivity contribution in [1.29, 1.82) is 5.26 Å². The summed E-state index contributed by atoms with van der Waals surface area (Å²) in [5.74, 6) is -0.302. The lowest BCUT2D eigenvalue weighted by Gasteiger charge is -2.16. The van der Waals surface area contributed by atoms with Crippen LogP contribution >= 0.6 is 0 Å². The molecule has 0 aliphatic heterocycles. The summed E-state index contributed by atoms with van der Waals surface area (Å²) < 4.78 is 0. The van der Waals surface area contributed by atoms with Crippen molar-refractivity contribution < 1.29 is 9.90 Å². The van der Waals surface area contributed by atoms with Gasteiger partial charge in [0.25, 0.3) is 0 Å². The highest BCUT2D eigenvalue weighted by molar-refractivity contribution is 5.66. The second-order valence-electron chi connectivity index (χ2n) is 5.46. The predicted molar refractivity (Wildman–Crippen MR) is 84.3 cm³/mol. The summed E-state index contributed by atoms with van der Waals surface area (Å²) in [5, 5.41) is 21.2. The van der Waals surface area contributed by atoms with Crippen LogP contribution in [-0.4, -0.2) is 17.6 Å². The molecule has 0 saturated carbocycles. The van der Waals surface area contributed by atoms with Gasteiger partial charge in [-0.3, -0.25) is 4.79 Å². The zero-order chi connectivity index (χ0) is 15.7. The van der Waals surface area contributed by atoms with E-state index in [2.05, 4.69) is 18.3 Å². The third kappa shape index (κ3) is 6.31. The third-order valence-corrected chi connectivity index (χ3v) is 3.63. The quantitative estimate of drug-likeness (QED) is 0.721. The molecule has 0 spiro atoms. The van der Waals surface area contributed by atoms with Gasteiger partial charge in [-0.2, -0.15) is 5.26 Å². The number of nitrogens with zero attached hydrogens (tertiary/aromatic N) is 1. The minimum atomic E-state index is -0.727. The number of anilines is 1. The number of carbonyl (C=O) groups is 1. The molecule has 0 aliphatic carbocycles. The molecule has 0 fully saturated rings. The van der Waals surface area contributed by atoms with E-state index >= 15 is 0 Å².